The van der Waals surface area contributed by atoms with Crippen molar-refractivity contribution in [2.24, 2.45) is 10.6 Å². The van der Waals surface area contributed by atoms with Gasteiger partial charge in [0.2, 0.25) is 15.9 Å². The van der Waals surface area contributed by atoms with Crippen LogP contribution in [0.3, 0.4) is 0 Å². The van der Waals surface area contributed by atoms with Gasteiger partial charge in [0.25, 0.3) is 0 Å². The summed E-state index contributed by atoms with van der Waals surface area (Å²) in [5.74, 6) is -3.89. The van der Waals surface area contributed by atoms with Crippen LogP contribution in [0.5, 0.6) is 0 Å². The zero-order chi connectivity index (χ0) is 22.8. The number of carbonyl (C=O) groups is 3. The molecule has 0 atom stereocenters. The number of aliphatic carboxylic acids is 2. The molecule has 0 saturated heterocycles. The summed E-state index contributed by atoms with van der Waals surface area (Å²) >= 11 is 0. The molecule has 11 nitrogen and oxygen atoms in total. The minimum atomic E-state index is -3.78. The Labute approximate surface area is 169 Å². The maximum absolute atomic E-state index is 11.9. The van der Waals surface area contributed by atoms with Crippen LogP contribution < -0.4 is 15.8 Å². The number of rotatable bonds is 8. The maximum atomic E-state index is 11.9. The Hall–Kier alpha value is -2.54. The van der Waals surface area contributed by atoms with E-state index in [1.165, 1.54) is 18.2 Å². The summed E-state index contributed by atoms with van der Waals surface area (Å²) in [6.45, 7) is 5.98. The standard InChI is InChI=1S/C15H26N4O3S.C2H2O4/c1-15(2,11-19(3)4)10-17-9-14(20)18-12-6-5-7-13(8-12)23(16,21)22;3-1(4)2(5)6/h5-8,17H,9-11H2,1-4H3,(H,18,20)(H2,16,21,22);(H,3,4)(H,5,6). The third-order valence-electron chi connectivity index (χ3n) is 3.26. The predicted molar refractivity (Wildman–Crippen MR) is 107 cm³/mol. The Morgan fingerprint density at radius 3 is 2.14 bits per heavy atom. The van der Waals surface area contributed by atoms with E-state index >= 15 is 0 Å². The quantitative estimate of drug-likeness (QED) is 0.342. The molecule has 0 saturated carbocycles. The maximum Gasteiger partial charge on any atom is 0.414 e. The van der Waals surface area contributed by atoms with Crippen LogP contribution >= 0.6 is 0 Å². The van der Waals surface area contributed by atoms with Gasteiger partial charge >= 0.3 is 11.9 Å². The van der Waals surface area contributed by atoms with Crippen molar-refractivity contribution < 1.29 is 33.0 Å². The largest absolute Gasteiger partial charge is 0.473 e. The third kappa shape index (κ3) is 12.5. The second-order valence-electron chi connectivity index (χ2n) is 7.24. The summed E-state index contributed by atoms with van der Waals surface area (Å²) in [5, 5.41) is 25.6. The number of anilines is 1. The number of carbonyl (C=O) groups excluding carboxylic acids is 1. The Balaban J connectivity index is 0.00000113. The van der Waals surface area contributed by atoms with Crippen molar-refractivity contribution in [3.05, 3.63) is 24.3 Å². The first-order valence-electron chi connectivity index (χ1n) is 8.38. The lowest BCUT2D eigenvalue weighted by atomic mass is 9.93. The first kappa shape index (κ1) is 26.5. The van der Waals surface area contributed by atoms with Gasteiger partial charge in [0.1, 0.15) is 0 Å². The van der Waals surface area contributed by atoms with Crippen LogP contribution in [0.1, 0.15) is 13.8 Å². The normalized spacial score (nSPS) is 11.4. The predicted octanol–water partition coefficient (Wildman–Crippen LogP) is -0.394. The second kappa shape index (κ2) is 11.5. The van der Waals surface area contributed by atoms with Crippen LogP contribution in [0.25, 0.3) is 0 Å². The van der Waals surface area contributed by atoms with E-state index in [0.29, 0.717) is 12.2 Å². The third-order valence-corrected chi connectivity index (χ3v) is 4.17. The Bertz CT molecular complexity index is 811. The Kier molecular flexibility index (Phi) is 10.5. The molecular weight excluding hydrogens is 404 g/mol. The van der Waals surface area contributed by atoms with Gasteiger partial charge in [-0.05, 0) is 37.7 Å². The number of benzene rings is 1. The molecule has 0 heterocycles. The van der Waals surface area contributed by atoms with E-state index in [1.807, 2.05) is 14.1 Å². The summed E-state index contributed by atoms with van der Waals surface area (Å²) in [4.78, 5) is 32.2. The van der Waals surface area contributed by atoms with E-state index in [1.54, 1.807) is 6.07 Å². The summed E-state index contributed by atoms with van der Waals surface area (Å²) in [6, 6.07) is 5.86. The summed E-state index contributed by atoms with van der Waals surface area (Å²) < 4.78 is 22.6. The van der Waals surface area contributed by atoms with Crippen LogP contribution in [0, 0.1) is 5.41 Å². The molecule has 164 valence electrons. The lowest BCUT2D eigenvalue weighted by Crippen LogP contribution is -2.40. The summed E-state index contributed by atoms with van der Waals surface area (Å²) in [7, 11) is 0.233. The summed E-state index contributed by atoms with van der Waals surface area (Å²) in [6.07, 6.45) is 0. The molecule has 0 fully saturated rings. The van der Waals surface area contributed by atoms with Gasteiger partial charge in [0, 0.05) is 18.8 Å². The van der Waals surface area contributed by atoms with Crippen molar-refractivity contribution in [2.45, 2.75) is 18.7 Å². The number of sulfonamides is 1. The van der Waals surface area contributed by atoms with E-state index in [2.05, 4.69) is 29.4 Å². The van der Waals surface area contributed by atoms with Crippen LogP contribution in [0.15, 0.2) is 29.2 Å². The van der Waals surface area contributed by atoms with Gasteiger partial charge in [0.15, 0.2) is 0 Å². The Morgan fingerprint density at radius 2 is 1.69 bits per heavy atom. The lowest BCUT2D eigenvalue weighted by molar-refractivity contribution is -0.159. The van der Waals surface area contributed by atoms with E-state index < -0.39 is 22.0 Å². The van der Waals surface area contributed by atoms with Crippen molar-refractivity contribution in [1.82, 2.24) is 10.2 Å². The number of hydrogen-bond donors (Lipinski definition) is 5. The van der Waals surface area contributed by atoms with E-state index in [9.17, 15) is 13.2 Å². The van der Waals surface area contributed by atoms with E-state index in [-0.39, 0.29) is 22.8 Å². The SMILES string of the molecule is CN(C)CC(C)(C)CNCC(=O)Nc1cccc(S(N)(=O)=O)c1.O=C(O)C(=O)O. The average molecular weight is 432 g/mol. The lowest BCUT2D eigenvalue weighted by Gasteiger charge is -2.28. The smallest absolute Gasteiger partial charge is 0.414 e. The van der Waals surface area contributed by atoms with Crippen molar-refractivity contribution in [1.29, 1.82) is 0 Å². The highest BCUT2D eigenvalue weighted by molar-refractivity contribution is 7.89. The Morgan fingerprint density at radius 1 is 1.14 bits per heavy atom. The highest BCUT2D eigenvalue weighted by Gasteiger charge is 2.18. The van der Waals surface area contributed by atoms with Gasteiger partial charge in [-0.3, -0.25) is 4.79 Å². The average Bonchev–Trinajstić information content (AvgIpc) is 2.53. The minimum absolute atomic E-state index is 0.0321. The molecule has 1 rings (SSSR count). The molecular formula is C17H28N4O7S. The molecule has 1 amide bonds. The zero-order valence-electron chi connectivity index (χ0n) is 16.8. The van der Waals surface area contributed by atoms with Crippen LogP contribution in [-0.2, 0) is 24.4 Å². The molecule has 1 aromatic carbocycles. The molecule has 0 radical (unpaired) electrons. The van der Waals surface area contributed by atoms with Gasteiger partial charge in [-0.2, -0.15) is 0 Å². The first-order chi connectivity index (χ1) is 13.1. The fraction of sp³-hybridized carbons (Fsp3) is 0.471. The molecule has 0 unspecified atom stereocenters. The highest BCUT2D eigenvalue weighted by Crippen LogP contribution is 2.15. The van der Waals surface area contributed by atoms with Crippen LogP contribution in [-0.4, -0.2) is 75.1 Å². The number of amides is 1. The molecule has 12 heteroatoms. The highest BCUT2D eigenvalue weighted by atomic mass is 32.2. The topological polar surface area (TPSA) is 179 Å². The monoisotopic (exact) mass is 432 g/mol. The number of primary sulfonamides is 1. The summed E-state index contributed by atoms with van der Waals surface area (Å²) in [5.41, 5.74) is 0.438. The van der Waals surface area contributed by atoms with Gasteiger partial charge < -0.3 is 25.7 Å². The number of nitrogens with one attached hydrogen (secondary N) is 2. The molecule has 1 aromatic rings. The molecule has 29 heavy (non-hydrogen) atoms. The molecule has 0 bridgehead atoms. The van der Waals surface area contributed by atoms with Gasteiger partial charge in [0.05, 0.1) is 11.4 Å². The van der Waals surface area contributed by atoms with Gasteiger partial charge in [-0.1, -0.05) is 19.9 Å². The molecule has 0 aromatic heterocycles. The van der Waals surface area contributed by atoms with Gasteiger partial charge in [-0.15, -0.1) is 0 Å². The van der Waals surface area contributed by atoms with E-state index in [0.717, 1.165) is 6.54 Å². The zero-order valence-corrected chi connectivity index (χ0v) is 17.6. The van der Waals surface area contributed by atoms with E-state index in [4.69, 9.17) is 24.9 Å². The van der Waals surface area contributed by atoms with Crippen molar-refractivity contribution in [3.8, 4) is 0 Å². The van der Waals surface area contributed by atoms with Crippen LogP contribution in [0.4, 0.5) is 5.69 Å². The number of hydrogen-bond acceptors (Lipinski definition) is 7. The number of nitrogens with two attached hydrogens (primary N) is 1. The molecule has 0 spiro atoms. The molecule has 6 N–H and O–H groups in total. The number of nitrogens with zero attached hydrogens (tertiary/aromatic N) is 1. The second-order valence-corrected chi connectivity index (χ2v) is 8.80. The van der Waals surface area contributed by atoms with Gasteiger partial charge in [-0.25, -0.2) is 23.1 Å². The fourth-order valence-electron chi connectivity index (χ4n) is 2.38. The van der Waals surface area contributed by atoms with Crippen molar-refractivity contribution in [2.75, 3.05) is 39.0 Å². The molecule has 0 aliphatic rings. The number of carboxylic acid groups (broad SMARTS) is 2. The number of carboxylic acids is 2. The fourth-order valence-corrected chi connectivity index (χ4v) is 2.94. The van der Waals surface area contributed by atoms with Crippen LogP contribution in [0.2, 0.25) is 0 Å². The minimum Gasteiger partial charge on any atom is -0.473 e. The van der Waals surface area contributed by atoms with Crippen molar-refractivity contribution in [3.63, 3.8) is 0 Å². The molecule has 0 aliphatic heterocycles. The van der Waals surface area contributed by atoms with Crippen molar-refractivity contribution >= 4 is 33.6 Å². The molecule has 0 aliphatic carbocycles. The first-order valence-corrected chi connectivity index (χ1v) is 9.93.